The maximum Gasteiger partial charge on any atom is 0.165 e. The molecule has 27 heavy (non-hydrogen) atoms. The lowest BCUT2D eigenvalue weighted by molar-refractivity contribution is 0.188. The lowest BCUT2D eigenvalue weighted by atomic mass is 9.94. The first kappa shape index (κ1) is 21.6. The zero-order chi connectivity index (χ0) is 20.2. The maximum absolute atomic E-state index is 13.5. The Labute approximate surface area is 159 Å². The first-order valence-corrected chi connectivity index (χ1v) is 10.8. The van der Waals surface area contributed by atoms with Crippen molar-refractivity contribution in [2.75, 3.05) is 12.4 Å². The summed E-state index contributed by atoms with van der Waals surface area (Å²) in [5, 5.41) is 28.3. The molecule has 1 aliphatic rings. The monoisotopic (exact) mass is 398 g/mol. The molecular formula is C20H27FO5S. The number of sulfone groups is 1. The van der Waals surface area contributed by atoms with E-state index in [1.165, 1.54) is 12.1 Å². The van der Waals surface area contributed by atoms with Crippen LogP contribution in [0.3, 0.4) is 0 Å². The van der Waals surface area contributed by atoms with Crippen LogP contribution in [0.4, 0.5) is 4.39 Å². The molecule has 1 aromatic carbocycles. The minimum absolute atomic E-state index is 0.130. The van der Waals surface area contributed by atoms with Gasteiger partial charge in [0, 0.05) is 0 Å². The Morgan fingerprint density at radius 1 is 1.37 bits per heavy atom. The second kappa shape index (κ2) is 8.99. The van der Waals surface area contributed by atoms with E-state index in [-0.39, 0.29) is 5.75 Å². The molecule has 0 aromatic heterocycles. The number of halogens is 1. The summed E-state index contributed by atoms with van der Waals surface area (Å²) in [4.78, 5) is 0. The number of aromatic hydroxyl groups is 1. The summed E-state index contributed by atoms with van der Waals surface area (Å²) in [5.74, 6) is -1.23. The van der Waals surface area contributed by atoms with Crippen LogP contribution in [0.25, 0.3) is 6.08 Å². The minimum Gasteiger partial charge on any atom is -0.505 e. The summed E-state index contributed by atoms with van der Waals surface area (Å²) in [7, 11) is -3.45. The summed E-state index contributed by atoms with van der Waals surface area (Å²) in [6, 6.07) is 4.16. The van der Waals surface area contributed by atoms with Crippen LogP contribution in [0.15, 0.2) is 34.9 Å². The van der Waals surface area contributed by atoms with Gasteiger partial charge in [0.1, 0.15) is 5.25 Å². The molecular weight excluding hydrogens is 371 g/mol. The standard InChI is InChI=1S/C20H27FO5S/c1-3-4-14(9-15-6-7-17(23)16(21)10-15)5-8-18(24)20-13(2)12-27(25,26)19(20)11-22/h6-7,9-10,18-19,22-24H,3-5,8,11-12H2,1-2H3/b14-9+/t18-,19+/m1/s1. The molecule has 0 aliphatic carbocycles. The Balaban J connectivity index is 2.14. The maximum atomic E-state index is 13.5. The van der Waals surface area contributed by atoms with Crippen LogP contribution in [0.1, 0.15) is 45.1 Å². The van der Waals surface area contributed by atoms with Crippen molar-refractivity contribution < 1.29 is 28.1 Å². The largest absolute Gasteiger partial charge is 0.505 e. The molecule has 0 radical (unpaired) electrons. The highest BCUT2D eigenvalue weighted by Gasteiger charge is 2.39. The molecule has 0 saturated heterocycles. The predicted molar refractivity (Wildman–Crippen MR) is 104 cm³/mol. The van der Waals surface area contributed by atoms with Gasteiger partial charge in [0.05, 0.1) is 18.5 Å². The molecule has 2 rings (SSSR count). The Morgan fingerprint density at radius 2 is 2.07 bits per heavy atom. The fraction of sp³-hybridized carbons (Fsp3) is 0.500. The van der Waals surface area contributed by atoms with Gasteiger partial charge in [-0.2, -0.15) is 0 Å². The molecule has 5 nitrogen and oxygen atoms in total. The molecule has 0 bridgehead atoms. The molecule has 1 aromatic rings. The molecule has 0 unspecified atom stereocenters. The van der Waals surface area contributed by atoms with E-state index in [1.807, 2.05) is 13.0 Å². The van der Waals surface area contributed by atoms with Crippen LogP contribution in [0.5, 0.6) is 5.75 Å². The van der Waals surface area contributed by atoms with Crippen molar-refractivity contribution in [3.05, 3.63) is 46.3 Å². The molecule has 0 fully saturated rings. The molecule has 3 N–H and O–H groups in total. The van der Waals surface area contributed by atoms with Crippen molar-refractivity contribution in [2.24, 2.45) is 0 Å². The van der Waals surface area contributed by atoms with Gasteiger partial charge in [-0.1, -0.05) is 36.6 Å². The van der Waals surface area contributed by atoms with Gasteiger partial charge in [-0.25, -0.2) is 12.8 Å². The molecule has 1 aliphatic heterocycles. The van der Waals surface area contributed by atoms with Crippen LogP contribution in [-0.2, 0) is 9.84 Å². The number of hydrogen-bond donors (Lipinski definition) is 3. The second-order valence-corrected chi connectivity index (χ2v) is 9.22. The predicted octanol–water partition coefficient (Wildman–Crippen LogP) is 2.96. The van der Waals surface area contributed by atoms with Crippen LogP contribution in [0.2, 0.25) is 0 Å². The zero-order valence-corrected chi connectivity index (χ0v) is 16.5. The molecule has 1 heterocycles. The van der Waals surface area contributed by atoms with Crippen molar-refractivity contribution in [3.8, 4) is 5.75 Å². The minimum atomic E-state index is -3.45. The van der Waals surface area contributed by atoms with Crippen LogP contribution in [0, 0.1) is 5.82 Å². The SMILES string of the molecule is CCC/C(=C\c1ccc(O)c(F)c1)CC[C@@H](O)C1=C(C)CS(=O)(=O)[C@H]1CO. The molecule has 0 spiro atoms. The lowest BCUT2D eigenvalue weighted by Crippen LogP contribution is -2.29. The number of hydrogen-bond acceptors (Lipinski definition) is 5. The lowest BCUT2D eigenvalue weighted by Gasteiger charge is -2.19. The average molecular weight is 398 g/mol. The topological polar surface area (TPSA) is 94.8 Å². The Bertz CT molecular complexity index is 842. The van der Waals surface area contributed by atoms with E-state index in [2.05, 4.69) is 0 Å². The van der Waals surface area contributed by atoms with Crippen molar-refractivity contribution in [2.45, 2.75) is 50.9 Å². The van der Waals surface area contributed by atoms with E-state index in [1.54, 1.807) is 13.0 Å². The summed E-state index contributed by atoms with van der Waals surface area (Å²) in [6.45, 7) is 3.16. The summed E-state index contributed by atoms with van der Waals surface area (Å²) in [6.07, 6.45) is 3.36. The second-order valence-electron chi connectivity index (χ2n) is 7.03. The molecule has 0 saturated carbocycles. The van der Waals surface area contributed by atoms with Crippen LogP contribution in [-0.4, -0.2) is 47.5 Å². The first-order valence-electron chi connectivity index (χ1n) is 9.07. The van der Waals surface area contributed by atoms with Gasteiger partial charge < -0.3 is 15.3 Å². The van der Waals surface area contributed by atoms with Gasteiger partial charge in [0.25, 0.3) is 0 Å². The third kappa shape index (κ3) is 5.18. The van der Waals surface area contributed by atoms with E-state index >= 15 is 0 Å². The van der Waals surface area contributed by atoms with Crippen molar-refractivity contribution >= 4 is 15.9 Å². The quantitative estimate of drug-likeness (QED) is 0.585. The third-order valence-corrected chi connectivity index (χ3v) is 6.97. The molecule has 150 valence electrons. The smallest absolute Gasteiger partial charge is 0.165 e. The highest BCUT2D eigenvalue weighted by molar-refractivity contribution is 7.92. The van der Waals surface area contributed by atoms with Crippen LogP contribution >= 0.6 is 0 Å². The fourth-order valence-electron chi connectivity index (χ4n) is 3.58. The highest BCUT2D eigenvalue weighted by Crippen LogP contribution is 2.32. The summed E-state index contributed by atoms with van der Waals surface area (Å²) < 4.78 is 37.7. The number of aliphatic hydroxyl groups is 2. The van der Waals surface area contributed by atoms with Crippen molar-refractivity contribution in [3.63, 3.8) is 0 Å². The molecule has 0 amide bonds. The summed E-state index contributed by atoms with van der Waals surface area (Å²) >= 11 is 0. The normalized spacial score (nSPS) is 20.9. The average Bonchev–Trinajstić information content (AvgIpc) is 2.83. The molecule has 2 atom stereocenters. The number of rotatable bonds is 8. The van der Waals surface area contributed by atoms with E-state index in [9.17, 15) is 28.1 Å². The van der Waals surface area contributed by atoms with E-state index in [0.29, 0.717) is 29.6 Å². The highest BCUT2D eigenvalue weighted by atomic mass is 32.2. The number of phenolic OH excluding ortho intramolecular Hbond substituents is 1. The third-order valence-electron chi connectivity index (χ3n) is 4.87. The zero-order valence-electron chi connectivity index (χ0n) is 15.7. The van der Waals surface area contributed by atoms with Gasteiger partial charge in [-0.3, -0.25) is 0 Å². The van der Waals surface area contributed by atoms with E-state index in [4.69, 9.17) is 0 Å². The van der Waals surface area contributed by atoms with Gasteiger partial charge in [0.15, 0.2) is 21.4 Å². The molecule has 7 heteroatoms. The number of aliphatic hydroxyl groups excluding tert-OH is 2. The summed E-state index contributed by atoms with van der Waals surface area (Å²) in [5.41, 5.74) is 2.63. The van der Waals surface area contributed by atoms with Gasteiger partial charge in [-0.15, -0.1) is 0 Å². The first-order chi connectivity index (χ1) is 12.7. The van der Waals surface area contributed by atoms with Crippen LogP contribution < -0.4 is 0 Å². The van der Waals surface area contributed by atoms with Gasteiger partial charge >= 0.3 is 0 Å². The van der Waals surface area contributed by atoms with Gasteiger partial charge in [-0.05, 0) is 49.5 Å². The van der Waals surface area contributed by atoms with E-state index < -0.39 is 39.4 Å². The van der Waals surface area contributed by atoms with E-state index in [0.717, 1.165) is 18.4 Å². The van der Waals surface area contributed by atoms with Crippen molar-refractivity contribution in [1.29, 1.82) is 0 Å². The van der Waals surface area contributed by atoms with Crippen molar-refractivity contribution in [1.82, 2.24) is 0 Å². The Kier molecular flexibility index (Phi) is 7.19. The van der Waals surface area contributed by atoms with Gasteiger partial charge in [0.2, 0.25) is 0 Å². The Morgan fingerprint density at radius 3 is 2.67 bits per heavy atom. The number of phenols is 1. The fourth-order valence-corrected chi connectivity index (χ4v) is 5.53. The number of benzene rings is 1. The number of allylic oxidation sites excluding steroid dienone is 1. The Hall–Kier alpha value is -1.70.